The number of ether oxygens (including phenoxy) is 2. The van der Waals surface area contributed by atoms with Crippen molar-refractivity contribution in [3.05, 3.63) is 23.3 Å². The highest BCUT2D eigenvalue weighted by atomic mass is 35.5. The third kappa shape index (κ3) is 4.55. The molecule has 7 heteroatoms. The summed E-state index contributed by atoms with van der Waals surface area (Å²) in [5.41, 5.74) is 2.27. The number of hydrogen-bond acceptors (Lipinski definition) is 5. The number of rotatable bonds is 6. The molecule has 0 saturated carbocycles. The zero-order valence-electron chi connectivity index (χ0n) is 14.2. The second-order valence-electron chi connectivity index (χ2n) is 6.53. The van der Waals surface area contributed by atoms with Crippen LogP contribution in [0.1, 0.15) is 31.4 Å². The van der Waals surface area contributed by atoms with Crippen molar-refractivity contribution in [3.8, 4) is 11.5 Å². The Morgan fingerprint density at radius 2 is 2.17 bits per heavy atom. The van der Waals surface area contributed by atoms with Crippen LogP contribution >= 0.6 is 12.4 Å². The minimum Gasteiger partial charge on any atom is -0.494 e. The van der Waals surface area contributed by atoms with E-state index in [0.29, 0.717) is 24.7 Å². The summed E-state index contributed by atoms with van der Waals surface area (Å²) in [4.78, 5) is 0. The van der Waals surface area contributed by atoms with Gasteiger partial charge in [0.2, 0.25) is 0 Å². The van der Waals surface area contributed by atoms with Crippen LogP contribution in [0.25, 0.3) is 0 Å². The molecule has 1 aromatic carbocycles. The van der Waals surface area contributed by atoms with Crippen molar-refractivity contribution >= 4 is 22.2 Å². The van der Waals surface area contributed by atoms with Crippen LogP contribution in [0.5, 0.6) is 11.5 Å². The molecular formula is C17H26ClNO4S. The first-order chi connectivity index (χ1) is 11.0. The standard InChI is InChI=1S/C17H25NO4S.ClH/c1-3-21-16-7-14-6-12(2)22-17(14)8-15(16)10-18-9-13-4-5-23(19,20)11-13;/h7-8,12-13,18H,3-6,9-11H2,1-2H3;1H. The van der Waals surface area contributed by atoms with Crippen LogP contribution in [-0.2, 0) is 22.8 Å². The molecule has 0 radical (unpaired) electrons. The van der Waals surface area contributed by atoms with Gasteiger partial charge in [-0.1, -0.05) is 0 Å². The van der Waals surface area contributed by atoms with Crippen LogP contribution in [0, 0.1) is 5.92 Å². The first-order valence-electron chi connectivity index (χ1n) is 8.33. The van der Waals surface area contributed by atoms with E-state index >= 15 is 0 Å². The van der Waals surface area contributed by atoms with Gasteiger partial charge in [-0.25, -0.2) is 8.42 Å². The molecule has 136 valence electrons. The minimum absolute atomic E-state index is 0. The van der Waals surface area contributed by atoms with Crippen LogP contribution in [0.4, 0.5) is 0 Å². The predicted molar refractivity (Wildman–Crippen MR) is 97.1 cm³/mol. The normalized spacial score (nSPS) is 24.1. The van der Waals surface area contributed by atoms with E-state index in [-0.39, 0.29) is 24.4 Å². The molecule has 0 bridgehead atoms. The van der Waals surface area contributed by atoms with Gasteiger partial charge < -0.3 is 14.8 Å². The molecule has 0 aromatic heterocycles. The van der Waals surface area contributed by atoms with Crippen molar-refractivity contribution in [2.45, 2.75) is 39.3 Å². The average Bonchev–Trinajstić information content (AvgIpc) is 3.00. The quantitative estimate of drug-likeness (QED) is 0.826. The van der Waals surface area contributed by atoms with Crippen molar-refractivity contribution in [2.24, 2.45) is 5.92 Å². The van der Waals surface area contributed by atoms with Crippen molar-refractivity contribution in [3.63, 3.8) is 0 Å². The number of halogens is 1. The second-order valence-corrected chi connectivity index (χ2v) is 8.76. The Morgan fingerprint density at radius 1 is 1.38 bits per heavy atom. The summed E-state index contributed by atoms with van der Waals surface area (Å²) in [6.45, 7) is 6.06. The molecule has 5 nitrogen and oxygen atoms in total. The highest BCUT2D eigenvalue weighted by Gasteiger charge is 2.27. The van der Waals surface area contributed by atoms with E-state index in [1.54, 1.807) is 0 Å². The van der Waals surface area contributed by atoms with E-state index in [9.17, 15) is 8.42 Å². The summed E-state index contributed by atoms with van der Waals surface area (Å²) in [6, 6.07) is 4.14. The fourth-order valence-electron chi connectivity index (χ4n) is 3.35. The lowest BCUT2D eigenvalue weighted by Gasteiger charge is -2.14. The second kappa shape index (κ2) is 7.93. The zero-order valence-corrected chi connectivity index (χ0v) is 15.8. The summed E-state index contributed by atoms with van der Waals surface area (Å²) in [5, 5.41) is 3.38. The maximum atomic E-state index is 11.5. The van der Waals surface area contributed by atoms with Crippen molar-refractivity contribution < 1.29 is 17.9 Å². The summed E-state index contributed by atoms with van der Waals surface area (Å²) in [5.74, 6) is 2.70. The largest absolute Gasteiger partial charge is 0.494 e. The maximum Gasteiger partial charge on any atom is 0.150 e. The van der Waals surface area contributed by atoms with Gasteiger partial charge in [0.05, 0.1) is 18.1 Å². The van der Waals surface area contributed by atoms with E-state index < -0.39 is 9.84 Å². The molecule has 1 saturated heterocycles. The highest BCUT2D eigenvalue weighted by Crippen LogP contribution is 2.35. The Kier molecular flexibility index (Phi) is 6.39. The molecule has 2 aliphatic heterocycles. The molecule has 1 aromatic rings. The molecule has 2 atom stereocenters. The van der Waals surface area contributed by atoms with Crippen LogP contribution in [0.2, 0.25) is 0 Å². The van der Waals surface area contributed by atoms with Gasteiger partial charge in [-0.05, 0) is 44.9 Å². The first-order valence-corrected chi connectivity index (χ1v) is 10.2. The van der Waals surface area contributed by atoms with Crippen molar-refractivity contribution in [1.29, 1.82) is 0 Å². The summed E-state index contributed by atoms with van der Waals surface area (Å²) in [6.07, 6.45) is 1.90. The number of benzene rings is 1. The smallest absolute Gasteiger partial charge is 0.150 e. The molecule has 0 amide bonds. The molecule has 3 rings (SSSR count). The number of hydrogen-bond donors (Lipinski definition) is 1. The molecule has 1 fully saturated rings. The van der Waals surface area contributed by atoms with Crippen molar-refractivity contribution in [1.82, 2.24) is 5.32 Å². The Hall–Kier alpha value is -0.980. The SMILES string of the molecule is CCOc1cc2c(cc1CNCC1CCS(=O)(=O)C1)OC(C)C2.Cl. The van der Waals surface area contributed by atoms with Crippen LogP contribution in [0.3, 0.4) is 0 Å². The highest BCUT2D eigenvalue weighted by molar-refractivity contribution is 7.91. The Labute approximate surface area is 150 Å². The van der Waals surface area contributed by atoms with E-state index in [0.717, 1.165) is 36.4 Å². The summed E-state index contributed by atoms with van der Waals surface area (Å²) in [7, 11) is -2.81. The molecule has 0 spiro atoms. The van der Waals surface area contributed by atoms with E-state index in [1.165, 1.54) is 5.56 Å². The Morgan fingerprint density at radius 3 is 2.83 bits per heavy atom. The van der Waals surface area contributed by atoms with E-state index in [4.69, 9.17) is 9.47 Å². The molecule has 2 aliphatic rings. The van der Waals surface area contributed by atoms with Gasteiger partial charge in [0, 0.05) is 24.1 Å². The van der Waals surface area contributed by atoms with Gasteiger partial charge in [0.25, 0.3) is 0 Å². The molecule has 0 aliphatic carbocycles. The fourth-order valence-corrected chi connectivity index (χ4v) is 5.22. The molecular weight excluding hydrogens is 350 g/mol. The van der Waals surface area contributed by atoms with E-state index in [1.807, 2.05) is 6.92 Å². The van der Waals surface area contributed by atoms with Crippen LogP contribution < -0.4 is 14.8 Å². The fraction of sp³-hybridized carbons (Fsp3) is 0.647. The lowest BCUT2D eigenvalue weighted by molar-refractivity contribution is 0.254. The lowest BCUT2D eigenvalue weighted by atomic mass is 10.1. The third-order valence-electron chi connectivity index (χ3n) is 4.45. The van der Waals surface area contributed by atoms with Gasteiger partial charge in [0.15, 0.2) is 9.84 Å². The maximum absolute atomic E-state index is 11.5. The van der Waals surface area contributed by atoms with Gasteiger partial charge in [0.1, 0.15) is 17.6 Å². The van der Waals surface area contributed by atoms with Crippen molar-refractivity contribution in [2.75, 3.05) is 24.7 Å². The number of nitrogens with one attached hydrogen (secondary N) is 1. The number of sulfone groups is 1. The average molecular weight is 376 g/mol. The lowest BCUT2D eigenvalue weighted by Crippen LogP contribution is -2.23. The van der Waals surface area contributed by atoms with Crippen LogP contribution in [-0.4, -0.2) is 39.2 Å². The first kappa shape index (κ1) is 19.3. The molecule has 2 heterocycles. The Bertz CT molecular complexity index is 677. The Balaban J connectivity index is 0.00000208. The molecule has 2 unspecified atom stereocenters. The third-order valence-corrected chi connectivity index (χ3v) is 6.29. The number of fused-ring (bicyclic) bond motifs is 1. The molecule has 24 heavy (non-hydrogen) atoms. The molecule has 1 N–H and O–H groups in total. The monoisotopic (exact) mass is 375 g/mol. The summed E-state index contributed by atoms with van der Waals surface area (Å²) >= 11 is 0. The van der Waals surface area contributed by atoms with Crippen LogP contribution in [0.15, 0.2) is 12.1 Å². The van der Waals surface area contributed by atoms with Gasteiger partial charge >= 0.3 is 0 Å². The summed E-state index contributed by atoms with van der Waals surface area (Å²) < 4.78 is 34.6. The van der Waals surface area contributed by atoms with E-state index in [2.05, 4.69) is 24.4 Å². The predicted octanol–water partition coefficient (Wildman–Crippen LogP) is 2.35. The van der Waals surface area contributed by atoms with Gasteiger partial charge in [-0.15, -0.1) is 12.4 Å². The van der Waals surface area contributed by atoms with Gasteiger partial charge in [-0.2, -0.15) is 0 Å². The minimum atomic E-state index is -2.81. The van der Waals surface area contributed by atoms with Gasteiger partial charge in [-0.3, -0.25) is 0 Å². The topological polar surface area (TPSA) is 64.6 Å². The zero-order chi connectivity index (χ0) is 16.4.